The molecular weight excluding hydrogens is 307 g/mol. The maximum Gasteiger partial charge on any atom is 0.416 e. The third-order valence-electron chi connectivity index (χ3n) is 3.59. The summed E-state index contributed by atoms with van der Waals surface area (Å²) in [5.74, 6) is -0.120. The number of likely N-dealkylation sites (N-methyl/N-ethyl adjacent to an activating group) is 1. The highest BCUT2D eigenvalue weighted by atomic mass is 35.5. The van der Waals surface area contributed by atoms with E-state index >= 15 is 0 Å². The van der Waals surface area contributed by atoms with Crippen LogP contribution < -0.4 is 4.90 Å². The number of halogens is 4. The standard InChI is InChI=1S/C13H15ClF3N3O/c1-12(2)11(21)19(3)4-5-20(12)10-7-8(13(15,16)17)6-9(14)18-10/h6-7H,4-5H2,1-3H3. The van der Waals surface area contributed by atoms with Crippen LogP contribution in [0.1, 0.15) is 19.4 Å². The summed E-state index contributed by atoms with van der Waals surface area (Å²) in [7, 11) is 1.66. The monoisotopic (exact) mass is 321 g/mol. The summed E-state index contributed by atoms with van der Waals surface area (Å²) in [4.78, 5) is 19.2. The van der Waals surface area contributed by atoms with Crippen LogP contribution in [0, 0.1) is 0 Å². The lowest BCUT2D eigenvalue weighted by Gasteiger charge is -2.45. The molecule has 0 radical (unpaired) electrons. The zero-order valence-electron chi connectivity index (χ0n) is 11.8. The Bertz CT molecular complexity index is 574. The van der Waals surface area contributed by atoms with Crippen LogP contribution in [0.25, 0.3) is 0 Å². The molecule has 0 saturated carbocycles. The predicted octanol–water partition coefficient (Wildman–Crippen LogP) is 2.81. The van der Waals surface area contributed by atoms with Crippen molar-refractivity contribution >= 4 is 23.3 Å². The summed E-state index contributed by atoms with van der Waals surface area (Å²) in [6.07, 6.45) is -4.51. The fraction of sp³-hybridized carbons (Fsp3) is 0.538. The molecule has 1 saturated heterocycles. The Kier molecular flexibility index (Phi) is 3.82. The van der Waals surface area contributed by atoms with Crippen LogP contribution >= 0.6 is 11.6 Å². The van der Waals surface area contributed by atoms with Gasteiger partial charge in [-0.2, -0.15) is 13.2 Å². The number of nitrogens with zero attached hydrogens (tertiary/aromatic N) is 3. The first-order chi connectivity index (χ1) is 9.53. The Morgan fingerprint density at radius 2 is 1.90 bits per heavy atom. The zero-order valence-corrected chi connectivity index (χ0v) is 12.6. The van der Waals surface area contributed by atoms with Crippen molar-refractivity contribution in [2.45, 2.75) is 25.6 Å². The number of carbonyl (C=O) groups excluding carboxylic acids is 1. The van der Waals surface area contributed by atoms with Crippen LogP contribution in [0.2, 0.25) is 5.15 Å². The average Bonchev–Trinajstić information content (AvgIpc) is 2.34. The van der Waals surface area contributed by atoms with Gasteiger partial charge in [0.2, 0.25) is 5.91 Å². The summed E-state index contributed by atoms with van der Waals surface area (Å²) in [5, 5.41) is -0.248. The van der Waals surface area contributed by atoms with Gasteiger partial charge in [0.1, 0.15) is 16.5 Å². The van der Waals surface area contributed by atoms with E-state index in [4.69, 9.17) is 11.6 Å². The molecule has 1 amide bonds. The average molecular weight is 322 g/mol. The highest BCUT2D eigenvalue weighted by Crippen LogP contribution is 2.35. The van der Waals surface area contributed by atoms with Gasteiger partial charge >= 0.3 is 6.18 Å². The largest absolute Gasteiger partial charge is 0.416 e. The number of amides is 1. The van der Waals surface area contributed by atoms with E-state index < -0.39 is 17.3 Å². The highest BCUT2D eigenvalue weighted by Gasteiger charge is 2.42. The number of piperazine rings is 1. The molecule has 0 bridgehead atoms. The maximum atomic E-state index is 12.9. The van der Waals surface area contributed by atoms with E-state index in [0.717, 1.165) is 12.1 Å². The van der Waals surface area contributed by atoms with Crippen molar-refractivity contribution in [1.29, 1.82) is 0 Å². The summed E-state index contributed by atoms with van der Waals surface area (Å²) < 4.78 is 38.6. The summed E-state index contributed by atoms with van der Waals surface area (Å²) in [6.45, 7) is 4.11. The number of hydrogen-bond acceptors (Lipinski definition) is 3. The Labute approximate surface area is 125 Å². The molecule has 1 aromatic heterocycles. The van der Waals surface area contributed by atoms with E-state index in [1.807, 2.05) is 0 Å². The minimum Gasteiger partial charge on any atom is -0.342 e. The summed E-state index contributed by atoms with van der Waals surface area (Å²) in [6, 6.07) is 1.70. The van der Waals surface area contributed by atoms with Crippen LogP contribution in [0.3, 0.4) is 0 Å². The van der Waals surface area contributed by atoms with Gasteiger partial charge in [0.25, 0.3) is 0 Å². The number of aromatic nitrogens is 1. The third-order valence-corrected chi connectivity index (χ3v) is 3.78. The molecule has 0 aromatic carbocycles. The number of rotatable bonds is 1. The zero-order chi connectivity index (χ0) is 16.0. The topological polar surface area (TPSA) is 36.4 Å². The predicted molar refractivity (Wildman–Crippen MR) is 73.3 cm³/mol. The van der Waals surface area contributed by atoms with Crippen molar-refractivity contribution in [3.63, 3.8) is 0 Å². The normalized spacial score (nSPS) is 19.1. The van der Waals surface area contributed by atoms with E-state index in [9.17, 15) is 18.0 Å². The molecule has 1 aliphatic rings. The van der Waals surface area contributed by atoms with E-state index in [2.05, 4.69) is 4.98 Å². The molecule has 8 heteroatoms. The molecule has 0 spiro atoms. The van der Waals surface area contributed by atoms with Gasteiger partial charge in [0.05, 0.1) is 5.56 Å². The van der Waals surface area contributed by atoms with Gasteiger partial charge in [-0.15, -0.1) is 0 Å². The minimum atomic E-state index is -4.51. The smallest absolute Gasteiger partial charge is 0.342 e. The van der Waals surface area contributed by atoms with Gasteiger partial charge in [-0.3, -0.25) is 4.79 Å². The van der Waals surface area contributed by atoms with Crippen molar-refractivity contribution < 1.29 is 18.0 Å². The molecule has 0 unspecified atom stereocenters. The Hall–Kier alpha value is -1.50. The van der Waals surface area contributed by atoms with Crippen LogP contribution in [-0.4, -0.2) is 41.5 Å². The number of alkyl halides is 3. The molecule has 0 aliphatic carbocycles. The first kappa shape index (κ1) is 15.9. The van der Waals surface area contributed by atoms with Crippen molar-refractivity contribution in [1.82, 2.24) is 9.88 Å². The lowest BCUT2D eigenvalue weighted by molar-refractivity contribution is -0.137. The van der Waals surface area contributed by atoms with E-state index in [-0.39, 0.29) is 16.9 Å². The molecule has 2 rings (SSSR count). The van der Waals surface area contributed by atoms with Gasteiger partial charge in [-0.1, -0.05) is 11.6 Å². The van der Waals surface area contributed by atoms with Crippen molar-refractivity contribution in [3.05, 3.63) is 22.8 Å². The Morgan fingerprint density at radius 1 is 1.29 bits per heavy atom. The quantitative estimate of drug-likeness (QED) is 0.746. The van der Waals surface area contributed by atoms with Crippen molar-refractivity contribution in [3.8, 4) is 0 Å². The molecule has 21 heavy (non-hydrogen) atoms. The number of anilines is 1. The number of hydrogen-bond donors (Lipinski definition) is 0. The van der Waals surface area contributed by atoms with Crippen LogP contribution in [-0.2, 0) is 11.0 Å². The Balaban J connectivity index is 2.47. The number of carbonyl (C=O) groups is 1. The molecule has 116 valence electrons. The second-order valence-corrected chi connectivity index (χ2v) is 5.86. The van der Waals surface area contributed by atoms with Crippen molar-refractivity contribution in [2.24, 2.45) is 0 Å². The van der Waals surface area contributed by atoms with Crippen LogP contribution in [0.4, 0.5) is 19.0 Å². The fourth-order valence-electron chi connectivity index (χ4n) is 2.40. The van der Waals surface area contributed by atoms with Gasteiger partial charge < -0.3 is 9.80 Å². The summed E-state index contributed by atoms with van der Waals surface area (Å²) in [5.41, 5.74) is -1.85. The lowest BCUT2D eigenvalue weighted by Crippen LogP contribution is -2.62. The van der Waals surface area contributed by atoms with Gasteiger partial charge in [0, 0.05) is 20.1 Å². The first-order valence-electron chi connectivity index (χ1n) is 6.31. The molecular formula is C13H15ClF3N3O. The molecule has 1 fully saturated rings. The number of pyridine rings is 1. The molecule has 4 nitrogen and oxygen atoms in total. The molecule has 2 heterocycles. The first-order valence-corrected chi connectivity index (χ1v) is 6.69. The third kappa shape index (κ3) is 2.92. The van der Waals surface area contributed by atoms with E-state index in [1.54, 1.807) is 30.7 Å². The molecule has 0 atom stereocenters. The van der Waals surface area contributed by atoms with E-state index in [0.29, 0.717) is 13.1 Å². The molecule has 1 aliphatic heterocycles. The minimum absolute atomic E-state index is 0.0567. The molecule has 0 N–H and O–H groups in total. The lowest BCUT2D eigenvalue weighted by atomic mass is 9.97. The molecule has 1 aromatic rings. The maximum absolute atomic E-state index is 12.9. The Morgan fingerprint density at radius 3 is 2.48 bits per heavy atom. The second-order valence-electron chi connectivity index (χ2n) is 5.47. The highest BCUT2D eigenvalue weighted by molar-refractivity contribution is 6.29. The second kappa shape index (κ2) is 5.05. The van der Waals surface area contributed by atoms with E-state index in [1.165, 1.54) is 0 Å². The van der Waals surface area contributed by atoms with Crippen molar-refractivity contribution in [2.75, 3.05) is 25.0 Å². The van der Waals surface area contributed by atoms with Gasteiger partial charge in [-0.05, 0) is 26.0 Å². The van der Waals surface area contributed by atoms with Gasteiger partial charge in [-0.25, -0.2) is 4.98 Å². The van der Waals surface area contributed by atoms with Crippen LogP contribution in [0.15, 0.2) is 12.1 Å². The van der Waals surface area contributed by atoms with Gasteiger partial charge in [0.15, 0.2) is 0 Å². The SMILES string of the molecule is CN1CCN(c2cc(C(F)(F)F)cc(Cl)n2)C(C)(C)C1=O. The fourth-order valence-corrected chi connectivity index (χ4v) is 2.60. The van der Waals surface area contributed by atoms with Crippen LogP contribution in [0.5, 0.6) is 0 Å². The summed E-state index contributed by atoms with van der Waals surface area (Å²) >= 11 is 5.70.